The maximum atomic E-state index is 11.2. The van der Waals surface area contributed by atoms with Crippen LogP contribution in [-0.4, -0.2) is 16.9 Å². The molecule has 1 aromatic carbocycles. The van der Waals surface area contributed by atoms with Crippen LogP contribution in [0.3, 0.4) is 0 Å². The minimum atomic E-state index is 0.182. The van der Waals surface area contributed by atoms with Gasteiger partial charge in [-0.3, -0.25) is 0 Å². The summed E-state index contributed by atoms with van der Waals surface area (Å²) in [5, 5.41) is 14.5. The topological polar surface area (TPSA) is 73.1 Å². The first kappa shape index (κ1) is 8.49. The molecule has 0 fully saturated rings. The Morgan fingerprint density at radius 3 is 3.07 bits per heavy atom. The lowest BCUT2D eigenvalue weighted by molar-refractivity contribution is -0.537. The van der Waals surface area contributed by atoms with Crippen LogP contribution in [0.15, 0.2) is 24.5 Å². The summed E-state index contributed by atoms with van der Waals surface area (Å²) >= 11 is 0. The molecule has 0 atom stereocenters. The van der Waals surface area contributed by atoms with Crippen LogP contribution in [0.4, 0.5) is 0 Å². The van der Waals surface area contributed by atoms with Gasteiger partial charge < -0.3 is 14.7 Å². The number of hydrogen-bond donors (Lipinski definition) is 0. The lowest BCUT2D eigenvalue weighted by Crippen LogP contribution is -2.22. The molecule has 1 aromatic heterocycles. The zero-order valence-electron chi connectivity index (χ0n) is 7.38. The number of ether oxygens (including phenoxy) is 1. The van der Waals surface area contributed by atoms with Gasteiger partial charge in [0.2, 0.25) is 0 Å². The van der Waals surface area contributed by atoms with Crippen LogP contribution in [0.1, 0.15) is 0 Å². The fourth-order valence-electron chi connectivity index (χ4n) is 1.19. The maximum Gasteiger partial charge on any atom is 0.321 e. The second-order valence-corrected chi connectivity index (χ2v) is 2.68. The molecule has 0 saturated carbocycles. The second kappa shape index (κ2) is 2.99. The van der Waals surface area contributed by atoms with E-state index in [1.165, 1.54) is 19.2 Å². The van der Waals surface area contributed by atoms with E-state index in [1.54, 1.807) is 6.07 Å². The average Bonchev–Trinajstić information content (AvgIpc) is 2.23. The third-order valence-electron chi connectivity index (χ3n) is 1.89. The Balaban J connectivity index is 2.87. The van der Waals surface area contributed by atoms with Crippen LogP contribution < -0.4 is 9.28 Å². The van der Waals surface area contributed by atoms with Gasteiger partial charge >= 0.3 is 5.52 Å². The first-order valence-electron chi connectivity index (χ1n) is 3.88. The van der Waals surface area contributed by atoms with Gasteiger partial charge in [-0.1, -0.05) is 0 Å². The van der Waals surface area contributed by atoms with Gasteiger partial charge in [0.25, 0.3) is 0 Å². The minimum absolute atomic E-state index is 0.182. The highest BCUT2D eigenvalue weighted by molar-refractivity contribution is 5.73. The number of methoxy groups -OCH3 is 1. The summed E-state index contributed by atoms with van der Waals surface area (Å²) in [5.41, 5.74) is 0.442. The van der Waals surface area contributed by atoms with Crippen molar-refractivity contribution in [3.8, 4) is 5.75 Å². The molecule has 0 radical (unpaired) electrons. The van der Waals surface area contributed by atoms with Crippen LogP contribution >= 0.6 is 0 Å². The van der Waals surface area contributed by atoms with E-state index in [4.69, 9.17) is 4.74 Å². The van der Waals surface area contributed by atoms with Crippen LogP contribution in [0.25, 0.3) is 11.0 Å². The fourth-order valence-corrected chi connectivity index (χ4v) is 1.19. The summed E-state index contributed by atoms with van der Waals surface area (Å²) in [5.74, 6) is 0.509. The Morgan fingerprint density at radius 1 is 1.57 bits per heavy atom. The summed E-state index contributed by atoms with van der Waals surface area (Å²) in [7, 11) is 1.48. The molecule has 14 heavy (non-hydrogen) atoms. The first-order valence-corrected chi connectivity index (χ1v) is 3.88. The van der Waals surface area contributed by atoms with E-state index < -0.39 is 0 Å². The zero-order chi connectivity index (χ0) is 10.1. The molecule has 0 saturated heterocycles. The Labute approximate surface area is 78.5 Å². The number of hydrogen-bond acceptors (Lipinski definition) is 4. The highest BCUT2D eigenvalue weighted by Gasteiger charge is 2.09. The molecule has 0 bridgehead atoms. The van der Waals surface area contributed by atoms with Crippen LogP contribution in [0, 0.1) is 10.1 Å². The van der Waals surface area contributed by atoms with Gasteiger partial charge in [0, 0.05) is 0 Å². The van der Waals surface area contributed by atoms with Crippen molar-refractivity contribution >= 4 is 11.0 Å². The van der Waals surface area contributed by atoms with Gasteiger partial charge in [0.05, 0.1) is 23.2 Å². The van der Waals surface area contributed by atoms with Gasteiger partial charge in [-0.25, -0.2) is 0 Å². The zero-order valence-corrected chi connectivity index (χ0v) is 7.38. The fraction of sp³-hybridized carbons (Fsp3) is 0.125. The molecule has 6 nitrogen and oxygen atoms in total. The van der Waals surface area contributed by atoms with Crippen molar-refractivity contribution in [2.45, 2.75) is 0 Å². The molecule has 0 unspecified atom stereocenters. The average molecular weight is 193 g/mol. The Hall–Kier alpha value is -2.11. The number of nitrogens with zero attached hydrogens (tertiary/aromatic N) is 3. The summed E-state index contributed by atoms with van der Waals surface area (Å²) in [6.07, 6.45) is 0.918. The van der Waals surface area contributed by atoms with E-state index in [0.717, 1.165) is 6.33 Å². The molecule has 0 spiro atoms. The summed E-state index contributed by atoms with van der Waals surface area (Å²) in [6.45, 7) is 0. The van der Waals surface area contributed by atoms with Crippen LogP contribution in [0.2, 0.25) is 0 Å². The van der Waals surface area contributed by atoms with Gasteiger partial charge in [-0.05, 0) is 12.1 Å². The van der Waals surface area contributed by atoms with Crippen molar-refractivity contribution in [2.24, 2.45) is 0 Å². The van der Waals surface area contributed by atoms with Crippen molar-refractivity contribution in [3.05, 3.63) is 34.6 Å². The van der Waals surface area contributed by atoms with Gasteiger partial charge in [0.1, 0.15) is 11.3 Å². The monoisotopic (exact) mass is 193 g/mol. The normalized spacial score (nSPS) is 10.4. The van der Waals surface area contributed by atoms with Crippen molar-refractivity contribution in [3.63, 3.8) is 0 Å². The van der Waals surface area contributed by atoms with Gasteiger partial charge in [-0.2, -0.15) is 0 Å². The van der Waals surface area contributed by atoms with Gasteiger partial charge in [-0.15, -0.1) is 0 Å². The number of rotatable bonds is 1. The number of aromatic nitrogens is 3. The number of benzene rings is 1. The van der Waals surface area contributed by atoms with Crippen molar-refractivity contribution in [1.29, 1.82) is 0 Å². The first-order chi connectivity index (χ1) is 6.72. The molecule has 1 heterocycles. The quantitative estimate of drug-likeness (QED) is 0.611. The lowest BCUT2D eigenvalue weighted by Gasteiger charge is -2.08. The molecule has 0 aliphatic heterocycles. The Kier molecular flexibility index (Phi) is 1.81. The molecule has 72 valence electrons. The number of fused-ring (bicyclic) bond motifs is 1. The highest BCUT2D eigenvalue weighted by atomic mass is 16.5. The van der Waals surface area contributed by atoms with E-state index in [0.29, 0.717) is 15.0 Å². The van der Waals surface area contributed by atoms with Crippen molar-refractivity contribution < 1.29 is 9.28 Å². The predicted molar refractivity (Wildman–Crippen MR) is 48.4 cm³/mol. The molecule has 2 aromatic rings. The van der Waals surface area contributed by atoms with E-state index >= 15 is 0 Å². The second-order valence-electron chi connectivity index (χ2n) is 2.68. The van der Waals surface area contributed by atoms with Crippen LogP contribution in [0.5, 0.6) is 5.75 Å². The molecule has 0 amide bonds. The molecule has 6 heteroatoms. The summed E-state index contributed by atoms with van der Waals surface area (Å²) in [6, 6.07) is 4.58. The van der Waals surface area contributed by atoms with Crippen molar-refractivity contribution in [1.82, 2.24) is 9.83 Å². The van der Waals surface area contributed by atoms with E-state index in [-0.39, 0.29) is 11.0 Å². The maximum absolute atomic E-state index is 11.2. The molecular formula is C8H7N3O3. The largest absolute Gasteiger partial charge is 0.804 e. The van der Waals surface area contributed by atoms with E-state index in [1.807, 2.05) is 0 Å². The molecule has 0 aliphatic rings. The summed E-state index contributed by atoms with van der Waals surface area (Å²) < 4.78 is 5.84. The molecule has 0 N–H and O–H groups in total. The van der Waals surface area contributed by atoms with Crippen molar-refractivity contribution in [2.75, 3.05) is 7.11 Å². The van der Waals surface area contributed by atoms with E-state index in [9.17, 15) is 10.1 Å². The third-order valence-corrected chi connectivity index (χ3v) is 1.89. The minimum Gasteiger partial charge on any atom is -0.804 e. The van der Waals surface area contributed by atoms with Gasteiger partial charge in [0.15, 0.2) is 10.9 Å². The van der Waals surface area contributed by atoms with E-state index in [2.05, 4.69) is 5.10 Å². The summed E-state index contributed by atoms with van der Waals surface area (Å²) in [4.78, 5) is 11.2. The standard InChI is InChI=1S/C8H7N3O3/c1-14-6-2-3-7-8(4-6)11(13)9-5-10(7)12/h2-5H,1H3. The Bertz CT molecular complexity index is 535. The highest BCUT2D eigenvalue weighted by Crippen LogP contribution is 2.15. The van der Waals surface area contributed by atoms with Crippen LogP contribution in [-0.2, 0) is 0 Å². The SMILES string of the molecule is COc1ccc2c(c1)[n+](=O)ncn2[O-]. The Morgan fingerprint density at radius 2 is 2.36 bits per heavy atom. The molecule has 2 rings (SSSR count). The third kappa shape index (κ3) is 1.17. The smallest absolute Gasteiger partial charge is 0.321 e. The molecular weight excluding hydrogens is 186 g/mol. The molecule has 0 aliphatic carbocycles. The predicted octanol–water partition coefficient (Wildman–Crippen LogP) is 0.305. The lowest BCUT2D eigenvalue weighted by atomic mass is 10.3.